The third-order valence-electron chi connectivity index (χ3n) is 4.31. The van der Waals surface area contributed by atoms with E-state index in [0.717, 1.165) is 55.4 Å². The highest BCUT2D eigenvalue weighted by Gasteiger charge is 2.03. The van der Waals surface area contributed by atoms with Gasteiger partial charge in [-0.05, 0) is 38.8 Å². The summed E-state index contributed by atoms with van der Waals surface area (Å²) in [7, 11) is 1.67. The van der Waals surface area contributed by atoms with E-state index in [0.29, 0.717) is 6.54 Å². The fraction of sp³-hybridized carbons (Fsp3) is 0.429. The molecule has 0 unspecified atom stereocenters. The number of nitrogens with zero attached hydrogens (tertiary/aromatic N) is 2. The van der Waals surface area contributed by atoms with Crippen molar-refractivity contribution in [2.45, 2.75) is 39.8 Å². The van der Waals surface area contributed by atoms with Crippen LogP contribution in [0.25, 0.3) is 0 Å². The molecule has 146 valence electrons. The van der Waals surface area contributed by atoms with Gasteiger partial charge in [-0.25, -0.2) is 4.99 Å². The van der Waals surface area contributed by atoms with Crippen molar-refractivity contribution in [3.8, 4) is 5.75 Å². The van der Waals surface area contributed by atoms with Gasteiger partial charge in [0.15, 0.2) is 5.96 Å². The first-order chi connectivity index (χ1) is 13.2. The molecular weight excluding hydrogens is 340 g/mol. The van der Waals surface area contributed by atoms with Crippen molar-refractivity contribution in [1.82, 2.24) is 15.2 Å². The minimum absolute atomic E-state index is 0.0645. The van der Waals surface area contributed by atoms with Crippen molar-refractivity contribution in [2.75, 3.05) is 20.2 Å². The highest BCUT2D eigenvalue weighted by atomic mass is 16.5. The highest BCUT2D eigenvalue weighted by Crippen LogP contribution is 2.17. The minimum atomic E-state index is 0.0645. The van der Waals surface area contributed by atoms with E-state index in [1.807, 2.05) is 48.7 Å². The number of para-hydroxylation sites is 1. The first-order valence-corrected chi connectivity index (χ1v) is 9.46. The van der Waals surface area contributed by atoms with Crippen molar-refractivity contribution < 1.29 is 4.74 Å². The predicted octanol–water partition coefficient (Wildman–Crippen LogP) is 2.70. The molecule has 0 aliphatic rings. The number of ether oxygens (including phenoxy) is 1. The molecule has 6 heteroatoms. The number of guanidine groups is 1. The van der Waals surface area contributed by atoms with Gasteiger partial charge in [-0.15, -0.1) is 0 Å². The van der Waals surface area contributed by atoms with Gasteiger partial charge in [0.2, 0.25) is 0 Å². The molecule has 0 bridgehead atoms. The maximum absolute atomic E-state index is 11.9. The van der Waals surface area contributed by atoms with Crippen LogP contribution in [0.1, 0.15) is 31.0 Å². The summed E-state index contributed by atoms with van der Waals surface area (Å²) in [4.78, 5) is 16.5. The fourth-order valence-electron chi connectivity index (χ4n) is 2.85. The summed E-state index contributed by atoms with van der Waals surface area (Å²) < 4.78 is 7.19. The van der Waals surface area contributed by atoms with Crippen molar-refractivity contribution in [2.24, 2.45) is 4.99 Å². The van der Waals surface area contributed by atoms with E-state index in [9.17, 15) is 4.79 Å². The normalized spacial score (nSPS) is 11.3. The number of aromatic nitrogens is 1. The van der Waals surface area contributed by atoms with Crippen LogP contribution in [0.3, 0.4) is 0 Å². The number of hydrogen-bond acceptors (Lipinski definition) is 3. The second kappa shape index (κ2) is 11.1. The SMILES string of the molecule is CCNC(=NCc1ccccc1OC)NCCCCn1c(C)cccc1=O. The Kier molecular flexibility index (Phi) is 8.42. The van der Waals surface area contributed by atoms with Gasteiger partial charge in [0.1, 0.15) is 5.75 Å². The van der Waals surface area contributed by atoms with Gasteiger partial charge in [0, 0.05) is 37.0 Å². The molecule has 2 N–H and O–H groups in total. The topological polar surface area (TPSA) is 67.7 Å². The zero-order valence-corrected chi connectivity index (χ0v) is 16.5. The lowest BCUT2D eigenvalue weighted by atomic mass is 10.2. The second-order valence-electron chi connectivity index (χ2n) is 6.30. The Morgan fingerprint density at radius 3 is 2.67 bits per heavy atom. The average molecular weight is 370 g/mol. The Balaban J connectivity index is 1.83. The Bertz CT molecular complexity index is 799. The van der Waals surface area contributed by atoms with Crippen molar-refractivity contribution in [1.29, 1.82) is 0 Å². The molecule has 2 rings (SSSR count). The molecule has 0 amide bonds. The molecule has 0 saturated heterocycles. The van der Waals surface area contributed by atoms with Crippen LogP contribution in [0.4, 0.5) is 0 Å². The van der Waals surface area contributed by atoms with Gasteiger partial charge in [-0.2, -0.15) is 0 Å². The molecular formula is C21H30N4O2. The lowest BCUT2D eigenvalue weighted by Gasteiger charge is -2.13. The highest BCUT2D eigenvalue weighted by molar-refractivity contribution is 5.79. The lowest BCUT2D eigenvalue weighted by molar-refractivity contribution is 0.410. The maximum Gasteiger partial charge on any atom is 0.250 e. The van der Waals surface area contributed by atoms with Crippen LogP contribution in [0.15, 0.2) is 52.3 Å². The van der Waals surface area contributed by atoms with Crippen molar-refractivity contribution >= 4 is 5.96 Å². The Morgan fingerprint density at radius 2 is 1.93 bits per heavy atom. The first-order valence-electron chi connectivity index (χ1n) is 9.46. The molecule has 1 aromatic heterocycles. The minimum Gasteiger partial charge on any atom is -0.496 e. The van der Waals surface area contributed by atoms with Crippen LogP contribution in [0, 0.1) is 6.92 Å². The molecule has 1 aromatic carbocycles. The van der Waals surface area contributed by atoms with Gasteiger partial charge in [0.25, 0.3) is 5.56 Å². The van der Waals surface area contributed by atoms with E-state index in [2.05, 4.69) is 15.6 Å². The standard InChI is InChI=1S/C21H30N4O2/c1-4-22-21(24-16-18-11-5-6-12-19(18)27-3)23-14-7-8-15-25-17(2)10-9-13-20(25)26/h5-6,9-13H,4,7-8,14-16H2,1-3H3,(H2,22,23,24). The van der Waals surface area contributed by atoms with E-state index in [4.69, 9.17) is 4.74 Å². The molecule has 2 aromatic rings. The molecule has 27 heavy (non-hydrogen) atoms. The molecule has 1 heterocycles. The molecule has 6 nitrogen and oxygen atoms in total. The van der Waals surface area contributed by atoms with Crippen molar-refractivity contribution in [3.05, 3.63) is 64.1 Å². The second-order valence-corrected chi connectivity index (χ2v) is 6.30. The summed E-state index contributed by atoms with van der Waals surface area (Å²) in [5.41, 5.74) is 2.12. The maximum atomic E-state index is 11.9. The number of methoxy groups -OCH3 is 1. The number of benzene rings is 1. The predicted molar refractivity (Wildman–Crippen MR) is 110 cm³/mol. The Hall–Kier alpha value is -2.76. The van der Waals surface area contributed by atoms with Crippen LogP contribution in [0.2, 0.25) is 0 Å². The molecule has 0 saturated carbocycles. The van der Waals surface area contributed by atoms with Gasteiger partial charge in [-0.1, -0.05) is 24.3 Å². The van der Waals surface area contributed by atoms with Gasteiger partial charge in [-0.3, -0.25) is 4.79 Å². The zero-order chi connectivity index (χ0) is 19.5. The van der Waals surface area contributed by atoms with Crippen LogP contribution >= 0.6 is 0 Å². The third kappa shape index (κ3) is 6.47. The summed E-state index contributed by atoms with van der Waals surface area (Å²) in [5.74, 6) is 1.64. The quantitative estimate of drug-likeness (QED) is 0.405. The third-order valence-corrected chi connectivity index (χ3v) is 4.31. The van der Waals surface area contributed by atoms with Crippen LogP contribution < -0.4 is 20.9 Å². The van der Waals surface area contributed by atoms with E-state index >= 15 is 0 Å². The molecule has 0 atom stereocenters. The number of aliphatic imine (C=N–C) groups is 1. The smallest absolute Gasteiger partial charge is 0.250 e. The molecule has 0 fully saturated rings. The number of aryl methyl sites for hydroxylation is 1. The summed E-state index contributed by atoms with van der Waals surface area (Å²) in [6, 6.07) is 13.3. The van der Waals surface area contributed by atoms with Crippen LogP contribution in [-0.2, 0) is 13.1 Å². The van der Waals surface area contributed by atoms with E-state index in [-0.39, 0.29) is 5.56 Å². The fourth-order valence-corrected chi connectivity index (χ4v) is 2.85. The van der Waals surface area contributed by atoms with Crippen LogP contribution in [0.5, 0.6) is 5.75 Å². The first kappa shape index (κ1) is 20.6. The van der Waals surface area contributed by atoms with E-state index in [1.54, 1.807) is 19.2 Å². The molecule has 0 aliphatic carbocycles. The van der Waals surface area contributed by atoms with E-state index in [1.165, 1.54) is 0 Å². The largest absolute Gasteiger partial charge is 0.496 e. The van der Waals surface area contributed by atoms with Gasteiger partial charge >= 0.3 is 0 Å². The number of nitrogens with one attached hydrogen (secondary N) is 2. The zero-order valence-electron chi connectivity index (χ0n) is 16.5. The number of unbranched alkanes of at least 4 members (excludes halogenated alkanes) is 1. The summed E-state index contributed by atoms with van der Waals surface area (Å²) in [6.07, 6.45) is 1.89. The Labute approximate surface area is 161 Å². The summed E-state index contributed by atoms with van der Waals surface area (Å²) in [6.45, 7) is 6.91. The number of hydrogen-bond donors (Lipinski definition) is 2. The monoisotopic (exact) mass is 370 g/mol. The Morgan fingerprint density at radius 1 is 1.11 bits per heavy atom. The average Bonchev–Trinajstić information content (AvgIpc) is 2.68. The van der Waals surface area contributed by atoms with Gasteiger partial charge < -0.3 is 19.9 Å². The summed E-state index contributed by atoms with van der Waals surface area (Å²) in [5, 5.41) is 6.61. The number of pyridine rings is 1. The van der Waals surface area contributed by atoms with Gasteiger partial charge in [0.05, 0.1) is 13.7 Å². The van der Waals surface area contributed by atoms with Crippen molar-refractivity contribution in [3.63, 3.8) is 0 Å². The molecule has 0 spiro atoms. The van der Waals surface area contributed by atoms with Crippen LogP contribution in [-0.4, -0.2) is 30.7 Å². The summed E-state index contributed by atoms with van der Waals surface area (Å²) >= 11 is 0. The molecule has 0 radical (unpaired) electrons. The molecule has 0 aliphatic heterocycles. The number of rotatable bonds is 9. The van der Waals surface area contributed by atoms with E-state index < -0.39 is 0 Å². The lowest BCUT2D eigenvalue weighted by Crippen LogP contribution is -2.37.